The van der Waals surface area contributed by atoms with Crippen molar-refractivity contribution in [2.75, 3.05) is 33.9 Å². The van der Waals surface area contributed by atoms with Crippen molar-refractivity contribution in [3.8, 4) is 28.3 Å². The van der Waals surface area contributed by atoms with Crippen molar-refractivity contribution in [1.82, 2.24) is 40.3 Å². The zero-order chi connectivity index (χ0) is 48.7. The molecule has 1 saturated carbocycles. The molecule has 2 aromatic heterocycles. The van der Waals surface area contributed by atoms with Crippen LogP contribution in [0.4, 0.5) is 14.0 Å². The Morgan fingerprint density at radius 2 is 1.58 bits per heavy atom. The van der Waals surface area contributed by atoms with Crippen LogP contribution in [0.2, 0.25) is 0 Å². The lowest BCUT2D eigenvalue weighted by molar-refractivity contribution is -0.136. The number of nitrogens with zero attached hydrogens (tertiary/aromatic N) is 4. The molecule has 0 bridgehead atoms. The van der Waals surface area contributed by atoms with Crippen molar-refractivity contribution in [3.05, 3.63) is 102 Å². The van der Waals surface area contributed by atoms with Gasteiger partial charge in [-0.3, -0.25) is 9.59 Å². The number of imidazole rings is 1. The monoisotopic (exact) mass is 943 g/mol. The predicted octanol–water partition coefficient (Wildman–Crippen LogP) is 7.79. The molecule has 5 heterocycles. The number of nitrogens with two attached hydrogens (primary N) is 1. The minimum absolute atomic E-state index is 0.0815. The first-order valence-corrected chi connectivity index (χ1v) is 24.0. The summed E-state index contributed by atoms with van der Waals surface area (Å²) < 4.78 is 35.5. The second kappa shape index (κ2) is 19.5. The first-order valence-electron chi connectivity index (χ1n) is 24.0. The molecular formula is C52H62FN9O7. The number of halogens is 1. The average molecular weight is 944 g/mol. The summed E-state index contributed by atoms with van der Waals surface area (Å²) in [5, 5.41) is 9.61. The zero-order valence-electron chi connectivity index (χ0n) is 40.0. The van der Waals surface area contributed by atoms with Crippen LogP contribution in [0.1, 0.15) is 94.9 Å². The molecule has 1 aliphatic carbocycles. The number of aromatic amines is 1. The van der Waals surface area contributed by atoms with E-state index in [-0.39, 0.29) is 47.6 Å². The summed E-state index contributed by atoms with van der Waals surface area (Å²) in [5.41, 5.74) is 12.3. The van der Waals surface area contributed by atoms with Crippen LogP contribution in [0.15, 0.2) is 79.1 Å². The normalized spacial score (nSPS) is 21.6. The van der Waals surface area contributed by atoms with Gasteiger partial charge in [0.25, 0.3) is 0 Å². The van der Waals surface area contributed by atoms with Crippen LogP contribution in [0.25, 0.3) is 39.1 Å². The molecule has 17 heteroatoms. The van der Waals surface area contributed by atoms with Gasteiger partial charge in [0.05, 0.1) is 54.6 Å². The number of carbonyl (C=O) groups excluding carboxylic acids is 4. The highest BCUT2D eigenvalue weighted by molar-refractivity contribution is 5.92. The summed E-state index contributed by atoms with van der Waals surface area (Å²) in [6, 6.07) is 19.8. The van der Waals surface area contributed by atoms with E-state index in [2.05, 4.69) is 37.6 Å². The van der Waals surface area contributed by atoms with E-state index in [4.69, 9.17) is 24.9 Å². The summed E-state index contributed by atoms with van der Waals surface area (Å²) >= 11 is 0. The number of hydrogen-bond donors (Lipinski definition) is 5. The maximum Gasteiger partial charge on any atom is 0.407 e. The highest BCUT2D eigenvalue weighted by Gasteiger charge is 2.49. The lowest BCUT2D eigenvalue weighted by atomic mass is 10.0. The third-order valence-electron chi connectivity index (χ3n) is 14.2. The fraction of sp³-hybridized carbons (Fsp3) is 0.442. The lowest BCUT2D eigenvalue weighted by Gasteiger charge is -2.31. The van der Waals surface area contributed by atoms with Gasteiger partial charge in [0.1, 0.15) is 29.5 Å². The van der Waals surface area contributed by atoms with Gasteiger partial charge in [-0.2, -0.15) is 0 Å². The first kappa shape index (κ1) is 47.0. The highest BCUT2D eigenvalue weighted by Crippen LogP contribution is 2.58. The van der Waals surface area contributed by atoms with Crippen LogP contribution in [-0.2, 0) is 19.1 Å². The van der Waals surface area contributed by atoms with E-state index in [1.54, 1.807) is 17.3 Å². The molecule has 9 rings (SSSR count). The zero-order valence-corrected chi connectivity index (χ0v) is 40.0. The van der Waals surface area contributed by atoms with Crippen LogP contribution in [0.3, 0.4) is 0 Å². The van der Waals surface area contributed by atoms with E-state index in [9.17, 15) is 19.2 Å². The fourth-order valence-corrected chi connectivity index (χ4v) is 10.5. The summed E-state index contributed by atoms with van der Waals surface area (Å²) in [4.78, 5) is 63.2. The number of amides is 4. The van der Waals surface area contributed by atoms with Gasteiger partial charge in [-0.05, 0) is 91.3 Å². The Kier molecular flexibility index (Phi) is 13.3. The quantitative estimate of drug-likeness (QED) is 0.0733. The number of H-pyrrole nitrogens is 1. The molecular weight excluding hydrogens is 882 g/mol. The van der Waals surface area contributed by atoms with E-state index in [0.29, 0.717) is 65.8 Å². The molecule has 3 fully saturated rings. The minimum Gasteiger partial charge on any atom is -0.469 e. The molecule has 3 aromatic carbocycles. The molecule has 4 amide bonds. The Morgan fingerprint density at radius 1 is 0.899 bits per heavy atom. The molecule has 0 radical (unpaired) electrons. The maximum atomic E-state index is 16.9. The molecule has 7 atom stereocenters. The second-order valence-corrected chi connectivity index (χ2v) is 19.4. The van der Waals surface area contributed by atoms with Gasteiger partial charge in [-0.25, -0.2) is 19.0 Å². The van der Waals surface area contributed by atoms with Crippen LogP contribution >= 0.6 is 0 Å². The number of methoxy groups -OCH3 is 2. The Hall–Kier alpha value is -7.04. The molecule has 16 nitrogen and oxygen atoms in total. The molecule has 2 saturated heterocycles. The number of aromatic nitrogens is 3. The number of nitrogens with one attached hydrogen (secondary N) is 4. The van der Waals surface area contributed by atoms with Crippen molar-refractivity contribution >= 4 is 40.6 Å². The number of fused-ring (bicyclic) bond motifs is 5. The van der Waals surface area contributed by atoms with Gasteiger partial charge in [0.15, 0.2) is 6.23 Å². The highest BCUT2D eigenvalue weighted by atomic mass is 19.1. The number of hydrogen-bond acceptors (Lipinski definition) is 10. The van der Waals surface area contributed by atoms with Crippen LogP contribution < -0.4 is 26.4 Å². The standard InChI is InChI=1S/C52H62FN9O7/c1-28(2)45(58-51(65)67-5)48(63)60-18-10-14-34(60)25-55-26-38(54)31-16-17-40-33(20-31)22-42-44-37(53)21-32(23-43(44)69-50(62(40)42)36-24-35(36)30-12-8-7-9-13-30)39-27-56-47(57-39)41-15-11-19-61(41)49(64)46(29(3)4)59-52(66)68-6/h7-9,12-13,16-17,20-23,26-29,34-36,41,45-46,50,55H,10-11,14-15,18-19,24-25,54H2,1-6H3,(H,56,57)(H,58,65)(H,59,66)/b38-26-/t34-,35?,36?,41-,45-,46-,50?/m0/s1. The minimum atomic E-state index is -0.769. The van der Waals surface area contributed by atoms with E-state index in [1.807, 2.05) is 81.1 Å². The first-order chi connectivity index (χ1) is 33.3. The van der Waals surface area contributed by atoms with Crippen molar-refractivity contribution in [1.29, 1.82) is 0 Å². The molecule has 5 aromatic rings. The molecule has 4 aliphatic rings. The Morgan fingerprint density at radius 3 is 2.28 bits per heavy atom. The average Bonchev–Trinajstić information content (AvgIpc) is 3.81. The summed E-state index contributed by atoms with van der Waals surface area (Å²) in [6.07, 6.45) is 5.71. The van der Waals surface area contributed by atoms with Crippen molar-refractivity contribution < 1.29 is 37.8 Å². The van der Waals surface area contributed by atoms with Crippen molar-refractivity contribution in [2.24, 2.45) is 23.5 Å². The lowest BCUT2D eigenvalue weighted by Crippen LogP contribution is -2.53. The number of benzene rings is 3. The van der Waals surface area contributed by atoms with Crippen LogP contribution in [0, 0.1) is 23.6 Å². The SMILES string of the molecule is COC(=O)N[C@H](C(=O)N1CCC[C@H]1CN/C=C(\N)c1ccc2c(c1)cc1n2C(C2CC2c2ccccc2)Oc2cc(-c3cnc([C@@H]4CCCN4C(=O)[C@@H](NC(=O)OC)C(C)C)[nH]3)cc(F)c2-1)C(C)C. The topological polar surface area (TPSA) is 198 Å². The number of carbonyl (C=O) groups is 4. The molecule has 3 unspecified atom stereocenters. The third-order valence-corrected chi connectivity index (χ3v) is 14.2. The Balaban J connectivity index is 0.982. The molecule has 3 aliphatic heterocycles. The summed E-state index contributed by atoms with van der Waals surface area (Å²) in [5.74, 6) is 0.295. The van der Waals surface area contributed by atoms with Gasteiger partial charge in [-0.1, -0.05) is 64.1 Å². The van der Waals surface area contributed by atoms with E-state index >= 15 is 4.39 Å². The smallest absolute Gasteiger partial charge is 0.407 e. The van der Waals surface area contributed by atoms with Crippen molar-refractivity contribution in [3.63, 3.8) is 0 Å². The van der Waals surface area contributed by atoms with Gasteiger partial charge < -0.3 is 55.2 Å². The Labute approximate surface area is 401 Å². The maximum absolute atomic E-state index is 16.9. The van der Waals surface area contributed by atoms with Gasteiger partial charge in [-0.15, -0.1) is 0 Å². The number of ether oxygens (including phenoxy) is 3. The molecule has 0 spiro atoms. The molecule has 6 N–H and O–H groups in total. The van der Waals surface area contributed by atoms with Gasteiger partial charge >= 0.3 is 12.2 Å². The largest absolute Gasteiger partial charge is 0.469 e. The van der Waals surface area contributed by atoms with Crippen LogP contribution in [-0.4, -0.2) is 100 Å². The second-order valence-electron chi connectivity index (χ2n) is 19.4. The number of rotatable bonds is 14. The van der Waals surface area contributed by atoms with Crippen LogP contribution in [0.5, 0.6) is 5.75 Å². The number of likely N-dealkylation sites (tertiary alicyclic amines) is 2. The fourth-order valence-electron chi connectivity index (χ4n) is 10.5. The predicted molar refractivity (Wildman–Crippen MR) is 259 cm³/mol. The van der Waals surface area contributed by atoms with Crippen molar-refractivity contribution in [2.45, 2.75) is 96.1 Å². The number of alkyl carbamates (subject to hydrolysis) is 2. The van der Waals surface area contributed by atoms with E-state index in [0.717, 1.165) is 42.1 Å². The summed E-state index contributed by atoms with van der Waals surface area (Å²) in [6.45, 7) is 9.12. The molecule has 69 heavy (non-hydrogen) atoms. The van der Waals surface area contributed by atoms with E-state index < -0.39 is 36.3 Å². The summed E-state index contributed by atoms with van der Waals surface area (Å²) in [7, 11) is 2.55. The Bertz CT molecular complexity index is 2770. The van der Waals surface area contributed by atoms with E-state index in [1.165, 1.54) is 25.8 Å². The van der Waals surface area contributed by atoms with Gasteiger partial charge in [0, 0.05) is 48.7 Å². The van der Waals surface area contributed by atoms with Gasteiger partial charge in [0.2, 0.25) is 11.8 Å². The molecule has 364 valence electrons. The third kappa shape index (κ3) is 9.30.